The number of benzene rings is 1. The summed E-state index contributed by atoms with van der Waals surface area (Å²) in [5.74, 6) is 0.0514. The SMILES string of the molecule is CCCC(N)C(=O)c1cccc(C)c1. The Morgan fingerprint density at radius 3 is 2.79 bits per heavy atom. The van der Waals surface area contributed by atoms with Crippen molar-refractivity contribution in [2.24, 2.45) is 5.73 Å². The minimum absolute atomic E-state index is 0.0514. The molecule has 0 heterocycles. The van der Waals surface area contributed by atoms with Gasteiger partial charge in [0.25, 0.3) is 0 Å². The lowest BCUT2D eigenvalue weighted by Gasteiger charge is -2.09. The largest absolute Gasteiger partial charge is 0.321 e. The normalized spacial score (nSPS) is 12.5. The maximum absolute atomic E-state index is 11.8. The molecule has 0 radical (unpaired) electrons. The van der Waals surface area contributed by atoms with Crippen LogP contribution in [0.2, 0.25) is 0 Å². The third-order valence-electron chi connectivity index (χ3n) is 2.24. The highest BCUT2D eigenvalue weighted by Crippen LogP contribution is 2.08. The molecule has 2 N–H and O–H groups in total. The van der Waals surface area contributed by atoms with Gasteiger partial charge in [-0.1, -0.05) is 37.1 Å². The van der Waals surface area contributed by atoms with Crippen molar-refractivity contribution < 1.29 is 4.79 Å². The second kappa shape index (κ2) is 4.91. The zero-order valence-corrected chi connectivity index (χ0v) is 8.79. The summed E-state index contributed by atoms with van der Waals surface area (Å²) in [5.41, 5.74) is 7.58. The lowest BCUT2D eigenvalue weighted by Crippen LogP contribution is -2.30. The van der Waals surface area contributed by atoms with Crippen LogP contribution in [0, 0.1) is 6.92 Å². The zero-order valence-electron chi connectivity index (χ0n) is 8.79. The summed E-state index contributed by atoms with van der Waals surface area (Å²) < 4.78 is 0. The Morgan fingerprint density at radius 1 is 1.50 bits per heavy atom. The first-order valence-electron chi connectivity index (χ1n) is 5.01. The van der Waals surface area contributed by atoms with Crippen molar-refractivity contribution in [3.05, 3.63) is 35.4 Å². The Bertz CT molecular complexity index is 320. The summed E-state index contributed by atoms with van der Waals surface area (Å²) in [6.45, 7) is 4.01. The Balaban J connectivity index is 2.78. The second-order valence-electron chi connectivity index (χ2n) is 3.63. The lowest BCUT2D eigenvalue weighted by molar-refractivity contribution is 0.0957. The molecule has 0 aliphatic rings. The molecule has 0 aromatic heterocycles. The van der Waals surface area contributed by atoms with Crippen LogP contribution in [0.5, 0.6) is 0 Å². The summed E-state index contributed by atoms with van der Waals surface area (Å²) in [7, 11) is 0. The first kappa shape index (κ1) is 10.9. The molecule has 0 spiro atoms. The van der Waals surface area contributed by atoms with Crippen molar-refractivity contribution >= 4 is 5.78 Å². The molecule has 2 heteroatoms. The lowest BCUT2D eigenvalue weighted by atomic mass is 10.00. The van der Waals surface area contributed by atoms with Gasteiger partial charge in [-0.25, -0.2) is 0 Å². The third kappa shape index (κ3) is 2.67. The van der Waals surface area contributed by atoms with E-state index >= 15 is 0 Å². The number of carbonyl (C=O) groups is 1. The molecule has 0 aliphatic carbocycles. The predicted octanol–water partition coefficient (Wildman–Crippen LogP) is 2.31. The molecule has 2 nitrogen and oxygen atoms in total. The van der Waals surface area contributed by atoms with Crippen LogP contribution in [0.25, 0.3) is 0 Å². The minimum Gasteiger partial charge on any atom is -0.321 e. The maximum atomic E-state index is 11.8. The number of rotatable bonds is 4. The van der Waals surface area contributed by atoms with E-state index in [9.17, 15) is 4.79 Å². The van der Waals surface area contributed by atoms with Gasteiger partial charge in [0.2, 0.25) is 0 Å². The van der Waals surface area contributed by atoms with E-state index in [1.807, 2.05) is 38.1 Å². The van der Waals surface area contributed by atoms with Crippen molar-refractivity contribution in [1.29, 1.82) is 0 Å². The number of nitrogens with two attached hydrogens (primary N) is 1. The summed E-state index contributed by atoms with van der Waals surface area (Å²) in [6, 6.07) is 7.23. The van der Waals surface area contributed by atoms with Gasteiger partial charge in [-0.3, -0.25) is 4.79 Å². The highest BCUT2D eigenvalue weighted by molar-refractivity contribution is 6.00. The van der Waals surface area contributed by atoms with Gasteiger partial charge in [-0.05, 0) is 19.4 Å². The number of hydrogen-bond acceptors (Lipinski definition) is 2. The quantitative estimate of drug-likeness (QED) is 0.742. The Kier molecular flexibility index (Phi) is 3.84. The van der Waals surface area contributed by atoms with Crippen LogP contribution in [-0.4, -0.2) is 11.8 Å². The number of hydrogen-bond donors (Lipinski definition) is 1. The smallest absolute Gasteiger partial charge is 0.179 e. The molecule has 14 heavy (non-hydrogen) atoms. The van der Waals surface area contributed by atoms with E-state index in [-0.39, 0.29) is 11.8 Å². The minimum atomic E-state index is -0.346. The molecule has 0 amide bonds. The van der Waals surface area contributed by atoms with Crippen molar-refractivity contribution in [1.82, 2.24) is 0 Å². The summed E-state index contributed by atoms with van der Waals surface area (Å²) >= 11 is 0. The average molecular weight is 191 g/mol. The fourth-order valence-electron chi connectivity index (χ4n) is 1.45. The second-order valence-corrected chi connectivity index (χ2v) is 3.63. The third-order valence-corrected chi connectivity index (χ3v) is 2.24. The first-order chi connectivity index (χ1) is 6.65. The van der Waals surface area contributed by atoms with Crippen LogP contribution >= 0.6 is 0 Å². The zero-order chi connectivity index (χ0) is 10.6. The molecular formula is C12H17NO. The van der Waals surface area contributed by atoms with Crippen LogP contribution in [0.15, 0.2) is 24.3 Å². The molecule has 0 fully saturated rings. The highest BCUT2D eigenvalue weighted by atomic mass is 16.1. The van der Waals surface area contributed by atoms with Gasteiger partial charge < -0.3 is 5.73 Å². The van der Waals surface area contributed by atoms with Crippen molar-refractivity contribution in [2.45, 2.75) is 32.7 Å². The van der Waals surface area contributed by atoms with E-state index < -0.39 is 0 Å². The van der Waals surface area contributed by atoms with E-state index in [2.05, 4.69) is 0 Å². The molecule has 1 aromatic rings. The van der Waals surface area contributed by atoms with Crippen LogP contribution in [0.1, 0.15) is 35.7 Å². The van der Waals surface area contributed by atoms with Crippen LogP contribution in [0.4, 0.5) is 0 Å². The number of carbonyl (C=O) groups excluding carboxylic acids is 1. The van der Waals surface area contributed by atoms with E-state index in [1.165, 1.54) is 0 Å². The molecule has 1 unspecified atom stereocenters. The average Bonchev–Trinajstić information content (AvgIpc) is 2.17. The molecule has 0 aliphatic heterocycles. The van der Waals surface area contributed by atoms with Gasteiger partial charge in [0.15, 0.2) is 5.78 Å². The Labute approximate surface area is 85.1 Å². The van der Waals surface area contributed by atoms with Crippen molar-refractivity contribution in [3.63, 3.8) is 0 Å². The predicted molar refractivity (Wildman–Crippen MR) is 58.4 cm³/mol. The Hall–Kier alpha value is -1.15. The van der Waals surface area contributed by atoms with E-state index in [0.717, 1.165) is 24.0 Å². The molecule has 76 valence electrons. The Morgan fingerprint density at radius 2 is 2.21 bits per heavy atom. The number of Topliss-reactive ketones (excluding diaryl/α,β-unsaturated/α-hetero) is 1. The van der Waals surface area contributed by atoms with Gasteiger partial charge in [-0.2, -0.15) is 0 Å². The van der Waals surface area contributed by atoms with Crippen LogP contribution < -0.4 is 5.73 Å². The molecule has 1 rings (SSSR count). The number of ketones is 1. The van der Waals surface area contributed by atoms with E-state index in [4.69, 9.17) is 5.73 Å². The molecule has 0 saturated heterocycles. The summed E-state index contributed by atoms with van der Waals surface area (Å²) in [6.07, 6.45) is 1.70. The van der Waals surface area contributed by atoms with Crippen molar-refractivity contribution in [2.75, 3.05) is 0 Å². The summed E-state index contributed by atoms with van der Waals surface area (Å²) in [5, 5.41) is 0. The van der Waals surface area contributed by atoms with Gasteiger partial charge in [0, 0.05) is 5.56 Å². The fraction of sp³-hybridized carbons (Fsp3) is 0.417. The van der Waals surface area contributed by atoms with Crippen LogP contribution in [-0.2, 0) is 0 Å². The molecule has 1 aromatic carbocycles. The molecular weight excluding hydrogens is 174 g/mol. The molecule has 0 bridgehead atoms. The van der Waals surface area contributed by atoms with Crippen LogP contribution in [0.3, 0.4) is 0 Å². The topological polar surface area (TPSA) is 43.1 Å². The standard InChI is InChI=1S/C12H17NO/c1-3-5-11(13)12(14)10-7-4-6-9(2)8-10/h4,6-8,11H,3,5,13H2,1-2H3. The van der Waals surface area contributed by atoms with E-state index in [0.29, 0.717) is 0 Å². The van der Waals surface area contributed by atoms with Crippen molar-refractivity contribution in [3.8, 4) is 0 Å². The monoisotopic (exact) mass is 191 g/mol. The fourth-order valence-corrected chi connectivity index (χ4v) is 1.45. The van der Waals surface area contributed by atoms with Gasteiger partial charge in [0.05, 0.1) is 6.04 Å². The highest BCUT2D eigenvalue weighted by Gasteiger charge is 2.14. The number of aryl methyl sites for hydroxylation is 1. The van der Waals surface area contributed by atoms with E-state index in [1.54, 1.807) is 0 Å². The van der Waals surface area contributed by atoms with Gasteiger partial charge in [0.1, 0.15) is 0 Å². The first-order valence-corrected chi connectivity index (χ1v) is 5.01. The molecule has 1 atom stereocenters. The maximum Gasteiger partial charge on any atom is 0.179 e. The summed E-state index contributed by atoms with van der Waals surface area (Å²) in [4.78, 5) is 11.8. The van der Waals surface area contributed by atoms with Gasteiger partial charge in [-0.15, -0.1) is 0 Å². The molecule has 0 saturated carbocycles. The van der Waals surface area contributed by atoms with Gasteiger partial charge >= 0.3 is 0 Å².